The van der Waals surface area contributed by atoms with Crippen molar-refractivity contribution in [3.8, 4) is 17.2 Å². The van der Waals surface area contributed by atoms with Gasteiger partial charge in [0.25, 0.3) is 5.91 Å². The minimum Gasteiger partial charge on any atom is -0.497 e. The summed E-state index contributed by atoms with van der Waals surface area (Å²) in [5.74, 6) is -1.08. The van der Waals surface area contributed by atoms with E-state index in [1.807, 2.05) is 31.2 Å². The van der Waals surface area contributed by atoms with Crippen molar-refractivity contribution in [2.45, 2.75) is 23.1 Å². The Morgan fingerprint density at radius 2 is 1.72 bits per heavy atom. The number of imide groups is 1. The van der Waals surface area contributed by atoms with Crippen LogP contribution < -0.4 is 29.3 Å². The first-order valence-electron chi connectivity index (χ1n) is 13.4. The number of H-pyrrole nitrogens is 1. The highest BCUT2D eigenvalue weighted by atomic mass is 32.2. The van der Waals surface area contributed by atoms with Gasteiger partial charge in [0, 0.05) is 16.5 Å². The summed E-state index contributed by atoms with van der Waals surface area (Å²) in [6, 6.07) is 19.4. The maximum absolute atomic E-state index is 14.0. The second-order valence-corrected chi connectivity index (χ2v) is 12.2. The number of carbonyl (C=O) groups is 3. The lowest BCUT2D eigenvalue weighted by atomic mass is 9.83. The van der Waals surface area contributed by atoms with Crippen LogP contribution in [0.5, 0.6) is 17.2 Å². The topological polar surface area (TPSA) is 127 Å². The number of aromatic amines is 1. The van der Waals surface area contributed by atoms with Crippen molar-refractivity contribution in [1.82, 2.24) is 4.98 Å². The highest BCUT2D eigenvalue weighted by Gasteiger charge is 2.56. The third-order valence-electron chi connectivity index (χ3n) is 7.48. The van der Waals surface area contributed by atoms with Crippen LogP contribution in [0, 0.1) is 12.8 Å². The van der Waals surface area contributed by atoms with Crippen LogP contribution in [-0.4, -0.2) is 48.8 Å². The van der Waals surface area contributed by atoms with Gasteiger partial charge in [-0.15, -0.1) is 0 Å². The van der Waals surface area contributed by atoms with Crippen molar-refractivity contribution >= 4 is 52.2 Å². The van der Waals surface area contributed by atoms with E-state index < -0.39 is 17.1 Å². The van der Waals surface area contributed by atoms with Crippen LogP contribution in [-0.2, 0) is 14.4 Å². The molecule has 0 spiro atoms. The van der Waals surface area contributed by atoms with E-state index in [4.69, 9.17) is 14.2 Å². The molecule has 0 aliphatic carbocycles. The molecule has 12 heteroatoms. The molecule has 3 atom stereocenters. The van der Waals surface area contributed by atoms with E-state index >= 15 is 0 Å². The molecule has 2 aliphatic rings. The van der Waals surface area contributed by atoms with Gasteiger partial charge in [-0.2, -0.15) is 0 Å². The summed E-state index contributed by atoms with van der Waals surface area (Å²) in [4.78, 5) is 57.1. The molecular formula is C31H27N3O7S2. The smallest absolute Gasteiger partial charge is 0.305 e. The van der Waals surface area contributed by atoms with Gasteiger partial charge in [-0.1, -0.05) is 47.4 Å². The molecule has 10 nitrogen and oxygen atoms in total. The fourth-order valence-corrected chi connectivity index (χ4v) is 7.92. The van der Waals surface area contributed by atoms with Crippen LogP contribution in [0.1, 0.15) is 21.9 Å². The third-order valence-corrected chi connectivity index (χ3v) is 9.88. The minimum absolute atomic E-state index is 0.248. The molecule has 4 aromatic rings. The molecule has 3 amide bonds. The molecule has 6 rings (SSSR count). The molecule has 1 fully saturated rings. The summed E-state index contributed by atoms with van der Waals surface area (Å²) in [5.41, 5.74) is 2.76. The number of amides is 3. The van der Waals surface area contributed by atoms with Gasteiger partial charge in [0.1, 0.15) is 11.0 Å². The Bertz CT molecular complexity index is 1780. The number of benzene rings is 3. The van der Waals surface area contributed by atoms with Crippen molar-refractivity contribution < 1.29 is 28.6 Å². The molecule has 0 saturated carbocycles. The Morgan fingerprint density at radius 1 is 0.953 bits per heavy atom. The normalized spacial score (nSPS) is 19.0. The number of aromatic nitrogens is 1. The van der Waals surface area contributed by atoms with Gasteiger partial charge in [0.2, 0.25) is 11.8 Å². The van der Waals surface area contributed by atoms with Crippen molar-refractivity contribution in [3.63, 3.8) is 0 Å². The molecule has 0 bridgehead atoms. The number of carbonyl (C=O) groups excluding carboxylic acids is 3. The average molecular weight is 618 g/mol. The first kappa shape index (κ1) is 28.6. The lowest BCUT2D eigenvalue weighted by Crippen LogP contribution is -2.32. The van der Waals surface area contributed by atoms with Crippen molar-refractivity contribution in [1.29, 1.82) is 0 Å². The monoisotopic (exact) mass is 617 g/mol. The number of nitrogens with zero attached hydrogens (tertiary/aromatic N) is 1. The maximum Gasteiger partial charge on any atom is 0.305 e. The van der Waals surface area contributed by atoms with Crippen LogP contribution in [0.4, 0.5) is 11.4 Å². The van der Waals surface area contributed by atoms with Gasteiger partial charge < -0.3 is 24.5 Å². The molecular weight excluding hydrogens is 590 g/mol. The number of nitrogens with one attached hydrogen (secondary N) is 2. The number of thioether (sulfide) groups is 1. The summed E-state index contributed by atoms with van der Waals surface area (Å²) in [7, 11) is 3.02. The van der Waals surface area contributed by atoms with E-state index in [2.05, 4.69) is 10.3 Å². The number of methoxy groups -OCH3 is 2. The molecule has 0 unspecified atom stereocenters. The molecule has 0 radical (unpaired) electrons. The number of thiazole rings is 1. The van der Waals surface area contributed by atoms with E-state index in [1.165, 1.54) is 23.8 Å². The number of aryl methyl sites for hydroxylation is 1. The van der Waals surface area contributed by atoms with E-state index in [0.717, 1.165) is 16.9 Å². The summed E-state index contributed by atoms with van der Waals surface area (Å²) in [6.07, 6.45) is 0. The fraction of sp³-hybridized carbons (Fsp3) is 0.226. The number of fused-ring (bicyclic) bond motifs is 2. The zero-order valence-electron chi connectivity index (χ0n) is 23.4. The number of rotatable bonds is 8. The maximum atomic E-state index is 14.0. The Kier molecular flexibility index (Phi) is 7.72. The zero-order chi connectivity index (χ0) is 30.2. The van der Waals surface area contributed by atoms with Gasteiger partial charge in [-0.25, -0.2) is 4.90 Å². The zero-order valence-corrected chi connectivity index (χ0v) is 25.0. The minimum atomic E-state index is -0.755. The number of ether oxygens (including phenoxy) is 3. The van der Waals surface area contributed by atoms with E-state index in [0.29, 0.717) is 44.1 Å². The molecule has 2 N–H and O–H groups in total. The first-order valence-corrected chi connectivity index (χ1v) is 15.1. The predicted molar refractivity (Wildman–Crippen MR) is 164 cm³/mol. The van der Waals surface area contributed by atoms with Crippen LogP contribution in [0.25, 0.3) is 0 Å². The average Bonchev–Trinajstić information content (AvgIpc) is 3.51. The van der Waals surface area contributed by atoms with Crippen molar-refractivity contribution in [2.75, 3.05) is 31.0 Å². The molecule has 1 aromatic heterocycles. The van der Waals surface area contributed by atoms with Gasteiger partial charge in [-0.3, -0.25) is 19.2 Å². The summed E-state index contributed by atoms with van der Waals surface area (Å²) < 4.78 is 16.6. The summed E-state index contributed by atoms with van der Waals surface area (Å²) in [6.45, 7) is 1.65. The van der Waals surface area contributed by atoms with Crippen molar-refractivity contribution in [3.05, 3.63) is 92.4 Å². The Hall–Kier alpha value is -4.55. The van der Waals surface area contributed by atoms with E-state index in [9.17, 15) is 19.2 Å². The lowest BCUT2D eigenvalue weighted by Gasteiger charge is -2.30. The Labute approximate surface area is 255 Å². The highest BCUT2D eigenvalue weighted by Crippen LogP contribution is 2.53. The van der Waals surface area contributed by atoms with Crippen LogP contribution in [0.15, 0.2) is 76.6 Å². The molecule has 2 aliphatic heterocycles. The predicted octanol–water partition coefficient (Wildman–Crippen LogP) is 4.58. The highest BCUT2D eigenvalue weighted by molar-refractivity contribution is 8.00. The summed E-state index contributed by atoms with van der Waals surface area (Å²) >= 11 is 2.23. The molecule has 1 saturated heterocycles. The van der Waals surface area contributed by atoms with Gasteiger partial charge in [-0.05, 0) is 60.5 Å². The van der Waals surface area contributed by atoms with Gasteiger partial charge in [0.15, 0.2) is 18.1 Å². The number of para-hydroxylation sites is 1. The second kappa shape index (κ2) is 11.6. The number of anilines is 2. The van der Waals surface area contributed by atoms with Crippen LogP contribution in [0.2, 0.25) is 0 Å². The SMILES string of the molecule is COc1ccc(N2C(=O)[C@H]3[C@H](c4ccc(OCC(=O)Nc5ccccc5C)c(OC)c4)c4sc(=O)[nH]c4S[C@H]3C2=O)cc1. The number of hydrogen-bond acceptors (Lipinski definition) is 9. The third kappa shape index (κ3) is 5.28. The molecule has 220 valence electrons. The summed E-state index contributed by atoms with van der Waals surface area (Å²) in [5, 5.41) is 2.68. The molecule has 43 heavy (non-hydrogen) atoms. The fourth-order valence-electron chi connectivity index (χ4n) is 5.40. The quantitative estimate of drug-likeness (QED) is 0.275. The van der Waals surface area contributed by atoms with E-state index in [1.54, 1.807) is 49.6 Å². The Morgan fingerprint density at radius 3 is 2.44 bits per heavy atom. The van der Waals surface area contributed by atoms with Gasteiger partial charge >= 0.3 is 4.87 Å². The molecule has 3 heterocycles. The lowest BCUT2D eigenvalue weighted by molar-refractivity contribution is -0.122. The second-order valence-electron chi connectivity index (χ2n) is 10.0. The van der Waals surface area contributed by atoms with Crippen molar-refractivity contribution in [2.24, 2.45) is 5.92 Å². The number of hydrogen-bond donors (Lipinski definition) is 2. The molecule has 3 aromatic carbocycles. The first-order chi connectivity index (χ1) is 20.8. The largest absolute Gasteiger partial charge is 0.497 e. The Balaban J connectivity index is 1.30. The standard InChI is InChI=1S/C31H27N3O7S2/c1-16-6-4-5-7-20(16)32-23(35)15-41-21-13-8-17(14-22(21)40-3)24-25-27(42-28-26(24)43-31(38)33-28)30(37)34(29(25)36)18-9-11-19(39-2)12-10-18/h4-14,24-25,27H,15H2,1-3H3,(H,32,35)(H,33,38)/t24-,25-,27+/m0/s1. The van der Waals surface area contributed by atoms with Crippen LogP contribution >= 0.6 is 23.1 Å². The van der Waals surface area contributed by atoms with Gasteiger partial charge in [0.05, 0.1) is 30.9 Å². The van der Waals surface area contributed by atoms with E-state index in [-0.39, 0.29) is 29.2 Å². The van der Waals surface area contributed by atoms with Crippen LogP contribution in [0.3, 0.4) is 0 Å².